The van der Waals surface area contributed by atoms with Gasteiger partial charge in [0.05, 0.1) is 17.0 Å². The molecule has 2 aliphatic rings. The predicted octanol–water partition coefficient (Wildman–Crippen LogP) is 13.6. The van der Waals surface area contributed by atoms with Crippen molar-refractivity contribution in [3.8, 4) is 84.7 Å². The maximum Gasteiger partial charge on any atom is 0.164 e. The summed E-state index contributed by atoms with van der Waals surface area (Å²) in [7, 11) is 0. The fourth-order valence-corrected chi connectivity index (χ4v) is 9.83. The van der Waals surface area contributed by atoms with E-state index in [1.165, 1.54) is 55.5 Å². The van der Waals surface area contributed by atoms with Crippen molar-refractivity contribution < 1.29 is 0 Å². The van der Waals surface area contributed by atoms with Crippen molar-refractivity contribution in [3.05, 3.63) is 234 Å². The molecule has 4 heteroatoms. The molecule has 2 aliphatic carbocycles. The van der Waals surface area contributed by atoms with Crippen LogP contribution in [0.1, 0.15) is 27.8 Å². The molecule has 4 nitrogen and oxygen atoms in total. The van der Waals surface area contributed by atoms with E-state index in [1.807, 2.05) is 36.4 Å². The summed E-state index contributed by atoms with van der Waals surface area (Å²) in [5.41, 5.74) is 17.4. The lowest BCUT2D eigenvalue weighted by Gasteiger charge is -2.30. The van der Waals surface area contributed by atoms with Gasteiger partial charge in [0, 0.05) is 16.7 Å². The SMILES string of the molecule is N#Cc1ccc2c(c1)C1(c3ccccc3-c3ccccc31)c1cccc(-c3ccc(-c4ccc(-c5nc(-c6ccccc6)nc(-c6ccc7ccccc7c6)n5)cc4)cc3)c1-2. The quantitative estimate of drug-likeness (QED) is 0.175. The van der Waals surface area contributed by atoms with Crippen LogP contribution in [0.25, 0.3) is 89.4 Å². The number of aromatic nitrogens is 3. The van der Waals surface area contributed by atoms with Crippen LogP contribution in [0.3, 0.4) is 0 Å². The third kappa shape index (κ3) is 5.35. The zero-order chi connectivity index (χ0) is 40.5. The van der Waals surface area contributed by atoms with Crippen molar-refractivity contribution in [1.29, 1.82) is 5.26 Å². The van der Waals surface area contributed by atoms with Gasteiger partial charge in [-0.3, -0.25) is 0 Å². The minimum atomic E-state index is -0.515. The molecule has 0 bridgehead atoms. The highest BCUT2D eigenvalue weighted by Crippen LogP contribution is 2.64. The number of rotatable bonds is 5. The van der Waals surface area contributed by atoms with E-state index in [4.69, 9.17) is 15.0 Å². The minimum Gasteiger partial charge on any atom is -0.208 e. The van der Waals surface area contributed by atoms with Crippen molar-refractivity contribution in [2.24, 2.45) is 0 Å². The second-order valence-electron chi connectivity index (χ2n) is 15.8. The van der Waals surface area contributed by atoms with Crippen molar-refractivity contribution in [3.63, 3.8) is 0 Å². The minimum absolute atomic E-state index is 0.515. The summed E-state index contributed by atoms with van der Waals surface area (Å²) in [6.07, 6.45) is 0. The maximum atomic E-state index is 10.1. The van der Waals surface area contributed by atoms with Gasteiger partial charge in [-0.25, -0.2) is 15.0 Å². The third-order valence-electron chi connectivity index (χ3n) is 12.6. The lowest BCUT2D eigenvalue weighted by molar-refractivity contribution is 0.793. The highest BCUT2D eigenvalue weighted by Gasteiger charge is 2.52. The lowest BCUT2D eigenvalue weighted by Crippen LogP contribution is -2.26. The molecule has 61 heavy (non-hydrogen) atoms. The fourth-order valence-electron chi connectivity index (χ4n) is 9.83. The Morgan fingerprint density at radius 1 is 0.328 bits per heavy atom. The molecule has 12 rings (SSSR count). The van der Waals surface area contributed by atoms with Gasteiger partial charge >= 0.3 is 0 Å². The van der Waals surface area contributed by atoms with Gasteiger partial charge in [0.2, 0.25) is 0 Å². The van der Waals surface area contributed by atoms with Crippen LogP contribution in [0.5, 0.6) is 0 Å². The zero-order valence-corrected chi connectivity index (χ0v) is 32.9. The van der Waals surface area contributed by atoms with Gasteiger partial charge in [-0.15, -0.1) is 0 Å². The number of hydrogen-bond acceptors (Lipinski definition) is 4. The van der Waals surface area contributed by atoms with Gasteiger partial charge in [-0.1, -0.05) is 188 Å². The first-order valence-corrected chi connectivity index (χ1v) is 20.6. The van der Waals surface area contributed by atoms with Crippen LogP contribution in [-0.4, -0.2) is 15.0 Å². The van der Waals surface area contributed by atoms with E-state index in [2.05, 4.69) is 176 Å². The molecule has 10 aromatic rings. The molecule has 0 saturated heterocycles. The normalized spacial score (nSPS) is 12.7. The summed E-state index contributed by atoms with van der Waals surface area (Å²) in [5.74, 6) is 1.91. The molecule has 0 aliphatic heterocycles. The maximum absolute atomic E-state index is 10.1. The Morgan fingerprint density at radius 2 is 0.836 bits per heavy atom. The molecule has 0 saturated carbocycles. The van der Waals surface area contributed by atoms with Crippen LogP contribution in [-0.2, 0) is 5.41 Å². The molecule has 0 radical (unpaired) electrons. The highest BCUT2D eigenvalue weighted by molar-refractivity contribution is 6.00. The van der Waals surface area contributed by atoms with E-state index >= 15 is 0 Å². The Bertz CT molecular complexity index is 3370. The largest absolute Gasteiger partial charge is 0.208 e. The Labute approximate surface area is 353 Å². The first kappa shape index (κ1) is 34.8. The van der Waals surface area contributed by atoms with Crippen LogP contribution in [0, 0.1) is 11.3 Å². The summed E-state index contributed by atoms with van der Waals surface area (Å²) in [5, 5.41) is 12.4. The van der Waals surface area contributed by atoms with Gasteiger partial charge < -0.3 is 0 Å². The van der Waals surface area contributed by atoms with E-state index in [0.29, 0.717) is 23.0 Å². The highest BCUT2D eigenvalue weighted by atomic mass is 15.0. The molecule has 1 heterocycles. The monoisotopic (exact) mass is 774 g/mol. The van der Waals surface area contributed by atoms with Crippen LogP contribution >= 0.6 is 0 Å². The van der Waals surface area contributed by atoms with E-state index in [1.54, 1.807) is 0 Å². The average Bonchev–Trinajstić information content (AvgIpc) is 3.81. The topological polar surface area (TPSA) is 62.5 Å². The molecular formula is C57H34N4. The summed E-state index contributed by atoms with van der Waals surface area (Å²) < 4.78 is 0. The summed E-state index contributed by atoms with van der Waals surface area (Å²) in [6.45, 7) is 0. The van der Waals surface area contributed by atoms with Crippen LogP contribution in [0.15, 0.2) is 206 Å². The first-order chi connectivity index (χ1) is 30.2. The van der Waals surface area contributed by atoms with E-state index in [9.17, 15) is 5.26 Å². The van der Waals surface area contributed by atoms with E-state index in [-0.39, 0.29) is 0 Å². The third-order valence-corrected chi connectivity index (χ3v) is 12.6. The summed E-state index contributed by atoms with van der Waals surface area (Å²) in [6, 6.07) is 75.1. The first-order valence-electron chi connectivity index (χ1n) is 20.6. The van der Waals surface area contributed by atoms with Gasteiger partial charge in [-0.05, 0) is 95.7 Å². The number of nitrogens with zero attached hydrogens (tertiary/aromatic N) is 4. The average molecular weight is 775 g/mol. The summed E-state index contributed by atoms with van der Waals surface area (Å²) >= 11 is 0. The van der Waals surface area contributed by atoms with Gasteiger partial charge in [0.15, 0.2) is 17.5 Å². The van der Waals surface area contributed by atoms with Crippen molar-refractivity contribution in [1.82, 2.24) is 15.0 Å². The molecular weight excluding hydrogens is 741 g/mol. The van der Waals surface area contributed by atoms with Crippen LogP contribution in [0.2, 0.25) is 0 Å². The predicted molar refractivity (Wildman–Crippen MR) is 246 cm³/mol. The molecule has 0 amide bonds. The second-order valence-corrected chi connectivity index (χ2v) is 15.8. The molecule has 1 spiro atoms. The molecule has 0 unspecified atom stereocenters. The Hall–Kier alpha value is -8.26. The van der Waals surface area contributed by atoms with Gasteiger partial charge in [0.25, 0.3) is 0 Å². The van der Waals surface area contributed by atoms with Crippen LogP contribution in [0.4, 0.5) is 0 Å². The Kier molecular flexibility index (Phi) is 7.78. The molecule has 282 valence electrons. The fraction of sp³-hybridized carbons (Fsp3) is 0.0175. The van der Waals surface area contributed by atoms with E-state index in [0.717, 1.165) is 38.8 Å². The Balaban J connectivity index is 0.922. The molecule has 0 atom stereocenters. The van der Waals surface area contributed by atoms with Gasteiger partial charge in [0.1, 0.15) is 0 Å². The van der Waals surface area contributed by atoms with E-state index < -0.39 is 5.41 Å². The second kappa shape index (κ2) is 13.7. The Morgan fingerprint density at radius 3 is 1.51 bits per heavy atom. The van der Waals surface area contributed by atoms with Gasteiger partial charge in [-0.2, -0.15) is 5.26 Å². The number of fused-ring (bicyclic) bond motifs is 11. The van der Waals surface area contributed by atoms with Crippen molar-refractivity contribution in [2.75, 3.05) is 0 Å². The molecule has 9 aromatic carbocycles. The number of benzene rings is 9. The smallest absolute Gasteiger partial charge is 0.164 e. The van der Waals surface area contributed by atoms with Crippen LogP contribution < -0.4 is 0 Å². The lowest BCUT2D eigenvalue weighted by atomic mass is 9.70. The zero-order valence-electron chi connectivity index (χ0n) is 32.9. The molecule has 0 fully saturated rings. The number of nitriles is 1. The standard InChI is InChI=1S/C57H34N4/c58-35-36-21-32-48-52(33-36)57(49-18-8-6-15-46(49)47-16-7-9-19-50(47)57)51-20-10-17-45(53(48)51)40-27-22-38(23-28-40)39-24-29-42(30-25-39)55-59-54(41-12-2-1-3-13-41)60-56(61-55)44-31-26-37-11-4-5-14-43(37)34-44/h1-34H. The molecule has 0 N–H and O–H groups in total. The number of hydrogen-bond donors (Lipinski definition) is 0. The summed E-state index contributed by atoms with van der Waals surface area (Å²) in [4.78, 5) is 15.0. The van der Waals surface area contributed by atoms with Crippen molar-refractivity contribution >= 4 is 10.8 Å². The molecule has 1 aromatic heterocycles. The van der Waals surface area contributed by atoms with Crippen molar-refractivity contribution in [2.45, 2.75) is 5.41 Å².